The van der Waals surface area contributed by atoms with Gasteiger partial charge in [0.1, 0.15) is 5.69 Å². The molecule has 2 heterocycles. The third-order valence-corrected chi connectivity index (χ3v) is 3.40. The summed E-state index contributed by atoms with van der Waals surface area (Å²) >= 11 is 5.98. The lowest BCUT2D eigenvalue weighted by Crippen LogP contribution is -2.12. The molecule has 0 aliphatic rings. The van der Waals surface area contributed by atoms with Gasteiger partial charge >= 0.3 is 0 Å². The quantitative estimate of drug-likeness (QED) is 0.708. The first kappa shape index (κ1) is 21.4. The van der Waals surface area contributed by atoms with Gasteiger partial charge in [0.25, 0.3) is 5.91 Å². The predicted octanol–water partition coefficient (Wildman–Crippen LogP) is 4.47. The third-order valence-electron chi connectivity index (χ3n) is 3.16. The van der Waals surface area contributed by atoms with E-state index in [2.05, 4.69) is 10.3 Å². The molecule has 2 aromatic heterocycles. The van der Waals surface area contributed by atoms with Crippen LogP contribution in [0.1, 0.15) is 29.9 Å². The van der Waals surface area contributed by atoms with Crippen LogP contribution in [0, 0.1) is 0 Å². The molecule has 0 bridgehead atoms. The Hall–Kier alpha value is -2.63. The van der Waals surface area contributed by atoms with Gasteiger partial charge in [-0.1, -0.05) is 43.6 Å². The fourth-order valence-corrected chi connectivity index (χ4v) is 2.36. The number of pyridine rings is 1. The Balaban J connectivity index is 0.000000791. The Morgan fingerprint density at radius 2 is 1.92 bits per heavy atom. The van der Waals surface area contributed by atoms with Crippen LogP contribution >= 0.6 is 11.6 Å². The average Bonchev–Trinajstić information content (AvgIpc) is 3.12. The van der Waals surface area contributed by atoms with E-state index in [0.717, 1.165) is 18.4 Å². The molecule has 0 saturated heterocycles. The Morgan fingerprint density at radius 3 is 2.58 bits per heavy atom. The number of benzene rings is 1. The van der Waals surface area contributed by atoms with Crippen LogP contribution in [0.5, 0.6) is 0 Å². The number of aliphatic hydroxyl groups is 1. The molecule has 0 atom stereocenters. The lowest BCUT2D eigenvalue weighted by Gasteiger charge is -2.04. The SMILES string of the molecule is CC.CO.O=C(Nc1ccn(Cc2cccc(Cl)c2)c1)c1ccccn1. The van der Waals surface area contributed by atoms with Crippen molar-refractivity contribution in [1.82, 2.24) is 9.55 Å². The highest BCUT2D eigenvalue weighted by atomic mass is 35.5. The molecule has 5 nitrogen and oxygen atoms in total. The Labute approximate surface area is 159 Å². The second-order valence-electron chi connectivity index (χ2n) is 4.87. The molecule has 1 aromatic carbocycles. The van der Waals surface area contributed by atoms with Gasteiger partial charge in [-0.2, -0.15) is 0 Å². The van der Waals surface area contributed by atoms with E-state index in [0.29, 0.717) is 17.3 Å². The molecule has 3 aromatic rings. The number of nitrogens with one attached hydrogen (secondary N) is 1. The number of hydrogen-bond acceptors (Lipinski definition) is 3. The maximum atomic E-state index is 12.0. The molecule has 6 heteroatoms. The molecule has 26 heavy (non-hydrogen) atoms. The summed E-state index contributed by atoms with van der Waals surface area (Å²) in [6, 6.07) is 14.8. The summed E-state index contributed by atoms with van der Waals surface area (Å²) in [7, 11) is 1.00. The molecule has 0 saturated carbocycles. The van der Waals surface area contributed by atoms with Gasteiger partial charge in [0, 0.05) is 37.3 Å². The monoisotopic (exact) mass is 373 g/mol. The van der Waals surface area contributed by atoms with Gasteiger partial charge in [0.05, 0.1) is 5.69 Å². The van der Waals surface area contributed by atoms with E-state index in [1.807, 2.05) is 61.1 Å². The average molecular weight is 374 g/mol. The maximum absolute atomic E-state index is 12.0. The summed E-state index contributed by atoms with van der Waals surface area (Å²) in [4.78, 5) is 16.1. The van der Waals surface area contributed by atoms with E-state index in [1.54, 1.807) is 24.4 Å². The number of aliphatic hydroxyl groups excluding tert-OH is 1. The largest absolute Gasteiger partial charge is 0.400 e. The minimum Gasteiger partial charge on any atom is -0.400 e. The summed E-state index contributed by atoms with van der Waals surface area (Å²) in [5.74, 6) is -0.221. The molecule has 1 amide bonds. The zero-order valence-corrected chi connectivity index (χ0v) is 15.9. The van der Waals surface area contributed by atoms with E-state index in [1.165, 1.54) is 0 Å². The fraction of sp³-hybridized carbons (Fsp3) is 0.200. The van der Waals surface area contributed by atoms with Crippen molar-refractivity contribution in [3.05, 3.63) is 83.4 Å². The molecule has 0 aliphatic carbocycles. The number of aromatic nitrogens is 2. The van der Waals surface area contributed by atoms with Crippen LogP contribution in [0.2, 0.25) is 5.02 Å². The molecule has 0 aliphatic heterocycles. The fourth-order valence-electron chi connectivity index (χ4n) is 2.15. The van der Waals surface area contributed by atoms with E-state index < -0.39 is 0 Å². The van der Waals surface area contributed by atoms with E-state index in [9.17, 15) is 4.79 Å². The number of amides is 1. The van der Waals surface area contributed by atoms with E-state index >= 15 is 0 Å². The lowest BCUT2D eigenvalue weighted by atomic mass is 10.2. The highest BCUT2D eigenvalue weighted by molar-refractivity contribution is 6.30. The van der Waals surface area contributed by atoms with Crippen LogP contribution in [0.15, 0.2) is 67.1 Å². The molecule has 3 rings (SSSR count). The van der Waals surface area contributed by atoms with Gasteiger partial charge in [-0.3, -0.25) is 9.78 Å². The summed E-state index contributed by atoms with van der Waals surface area (Å²) in [5.41, 5.74) is 2.23. The van der Waals surface area contributed by atoms with Crippen molar-refractivity contribution >= 4 is 23.2 Å². The second kappa shape index (κ2) is 11.8. The standard InChI is InChI=1S/C17H14ClN3O.C2H6.CH4O/c18-14-5-3-4-13(10-14)11-21-9-7-15(12-21)20-17(22)16-6-1-2-8-19-16;2*1-2/h1-10,12H,11H2,(H,20,22);1-2H3;2H,1H3. The lowest BCUT2D eigenvalue weighted by molar-refractivity contribution is 0.102. The first-order valence-corrected chi connectivity index (χ1v) is 8.66. The maximum Gasteiger partial charge on any atom is 0.274 e. The number of nitrogens with zero attached hydrogens (tertiary/aromatic N) is 2. The zero-order chi connectivity index (χ0) is 19.4. The predicted molar refractivity (Wildman–Crippen MR) is 107 cm³/mol. The Kier molecular flexibility index (Phi) is 9.75. The van der Waals surface area contributed by atoms with Crippen LogP contribution < -0.4 is 5.32 Å². The Bertz CT molecular complexity index is 789. The normalized spacial score (nSPS) is 9.27. The number of rotatable bonds is 4. The zero-order valence-electron chi connectivity index (χ0n) is 15.2. The summed E-state index contributed by atoms with van der Waals surface area (Å²) in [6.45, 7) is 4.69. The van der Waals surface area contributed by atoms with Crippen molar-refractivity contribution in [1.29, 1.82) is 0 Å². The van der Waals surface area contributed by atoms with Crippen molar-refractivity contribution in [2.24, 2.45) is 0 Å². The topological polar surface area (TPSA) is 67.2 Å². The molecular weight excluding hydrogens is 350 g/mol. The van der Waals surface area contributed by atoms with Gasteiger partial charge in [0.15, 0.2) is 0 Å². The van der Waals surface area contributed by atoms with E-state index in [4.69, 9.17) is 16.7 Å². The van der Waals surface area contributed by atoms with Crippen molar-refractivity contribution in [3.8, 4) is 0 Å². The summed E-state index contributed by atoms with van der Waals surface area (Å²) in [5, 5.41) is 10.5. The smallest absolute Gasteiger partial charge is 0.274 e. The third kappa shape index (κ3) is 6.70. The number of anilines is 1. The van der Waals surface area contributed by atoms with Crippen LogP contribution in [0.4, 0.5) is 5.69 Å². The number of hydrogen-bond donors (Lipinski definition) is 2. The first-order valence-electron chi connectivity index (χ1n) is 8.28. The van der Waals surface area contributed by atoms with Crippen molar-refractivity contribution < 1.29 is 9.90 Å². The van der Waals surface area contributed by atoms with Crippen molar-refractivity contribution in [2.75, 3.05) is 12.4 Å². The highest BCUT2D eigenvalue weighted by Crippen LogP contribution is 2.14. The van der Waals surface area contributed by atoms with Crippen molar-refractivity contribution in [2.45, 2.75) is 20.4 Å². The number of carbonyl (C=O) groups is 1. The minimum atomic E-state index is -0.221. The molecule has 0 fully saturated rings. The molecule has 0 spiro atoms. The molecule has 0 unspecified atom stereocenters. The molecule has 0 radical (unpaired) electrons. The second-order valence-corrected chi connectivity index (χ2v) is 5.31. The first-order chi connectivity index (χ1) is 12.7. The van der Waals surface area contributed by atoms with E-state index in [-0.39, 0.29) is 5.91 Å². The van der Waals surface area contributed by atoms with Gasteiger partial charge < -0.3 is 15.0 Å². The Morgan fingerprint density at radius 1 is 1.15 bits per heavy atom. The molecular formula is C20H24ClN3O2. The van der Waals surface area contributed by atoms with Crippen LogP contribution in [0.25, 0.3) is 0 Å². The summed E-state index contributed by atoms with van der Waals surface area (Å²) in [6.07, 6.45) is 5.38. The summed E-state index contributed by atoms with van der Waals surface area (Å²) < 4.78 is 1.99. The van der Waals surface area contributed by atoms with Gasteiger partial charge in [-0.25, -0.2) is 0 Å². The van der Waals surface area contributed by atoms with Gasteiger partial charge in [0.2, 0.25) is 0 Å². The highest BCUT2D eigenvalue weighted by Gasteiger charge is 2.07. The number of carbonyl (C=O) groups excluding carboxylic acids is 1. The van der Waals surface area contributed by atoms with Crippen LogP contribution in [0.3, 0.4) is 0 Å². The molecule has 138 valence electrons. The van der Waals surface area contributed by atoms with Crippen LogP contribution in [-0.2, 0) is 6.54 Å². The van der Waals surface area contributed by atoms with Gasteiger partial charge in [-0.15, -0.1) is 0 Å². The van der Waals surface area contributed by atoms with Gasteiger partial charge in [-0.05, 0) is 35.9 Å². The van der Waals surface area contributed by atoms with Crippen molar-refractivity contribution in [3.63, 3.8) is 0 Å². The minimum absolute atomic E-state index is 0.221. The number of halogens is 1. The molecule has 2 N–H and O–H groups in total. The van der Waals surface area contributed by atoms with Crippen LogP contribution in [-0.4, -0.2) is 27.7 Å².